The zero-order valence-corrected chi connectivity index (χ0v) is 11.5. The fourth-order valence-electron chi connectivity index (χ4n) is 2.96. The van der Waals surface area contributed by atoms with Crippen molar-refractivity contribution in [2.75, 3.05) is 36.0 Å². The third kappa shape index (κ3) is 2.69. The van der Waals surface area contributed by atoms with Crippen LogP contribution >= 0.6 is 0 Å². The number of nitrogens with zero attached hydrogens (tertiary/aromatic N) is 4. The lowest BCUT2D eigenvalue weighted by atomic mass is 9.97. The van der Waals surface area contributed by atoms with Crippen LogP contribution in [-0.2, 0) is 4.79 Å². The molecule has 6 nitrogen and oxygen atoms in total. The van der Waals surface area contributed by atoms with Crippen LogP contribution in [0.3, 0.4) is 0 Å². The third-order valence-electron chi connectivity index (χ3n) is 4.23. The Morgan fingerprint density at radius 3 is 1.95 bits per heavy atom. The molecule has 0 atom stereocenters. The number of hydrogen-bond donors (Lipinski definition) is 1. The smallest absolute Gasteiger partial charge is 0.306 e. The van der Waals surface area contributed by atoms with Crippen LogP contribution in [0.4, 0.5) is 11.6 Å². The Balaban J connectivity index is 1.62. The highest BCUT2D eigenvalue weighted by Gasteiger charge is 2.25. The molecule has 0 spiro atoms. The monoisotopic (exact) mass is 276 g/mol. The van der Waals surface area contributed by atoms with E-state index in [0.717, 1.165) is 37.8 Å². The van der Waals surface area contributed by atoms with Crippen LogP contribution in [0.2, 0.25) is 0 Å². The van der Waals surface area contributed by atoms with E-state index in [1.807, 2.05) is 12.1 Å². The molecule has 20 heavy (non-hydrogen) atoms. The molecule has 0 amide bonds. The van der Waals surface area contributed by atoms with Crippen LogP contribution in [0.25, 0.3) is 0 Å². The average Bonchev–Trinajstić information content (AvgIpc) is 3.02. The second-order valence-corrected chi connectivity index (χ2v) is 5.54. The first kappa shape index (κ1) is 13.1. The van der Waals surface area contributed by atoms with Gasteiger partial charge in [-0.1, -0.05) is 0 Å². The summed E-state index contributed by atoms with van der Waals surface area (Å²) in [7, 11) is 0. The molecule has 0 radical (unpaired) electrons. The Hall–Kier alpha value is -1.85. The summed E-state index contributed by atoms with van der Waals surface area (Å²) in [6, 6.07) is 4.03. The second-order valence-electron chi connectivity index (χ2n) is 5.54. The van der Waals surface area contributed by atoms with E-state index in [-0.39, 0.29) is 5.92 Å². The molecule has 3 heterocycles. The first-order valence-electron chi connectivity index (χ1n) is 7.30. The van der Waals surface area contributed by atoms with E-state index in [1.54, 1.807) is 0 Å². The van der Waals surface area contributed by atoms with Crippen LogP contribution in [0.15, 0.2) is 12.1 Å². The number of anilines is 2. The number of carboxylic acid groups (broad SMARTS) is 1. The summed E-state index contributed by atoms with van der Waals surface area (Å²) in [5.41, 5.74) is 0. The van der Waals surface area contributed by atoms with Crippen molar-refractivity contribution in [3.63, 3.8) is 0 Å². The lowest BCUT2D eigenvalue weighted by Gasteiger charge is -2.30. The van der Waals surface area contributed by atoms with Gasteiger partial charge in [-0.15, -0.1) is 10.2 Å². The Kier molecular flexibility index (Phi) is 3.71. The molecule has 1 aromatic heterocycles. The van der Waals surface area contributed by atoms with E-state index in [0.29, 0.717) is 12.8 Å². The number of aromatic nitrogens is 2. The van der Waals surface area contributed by atoms with Gasteiger partial charge in [-0.3, -0.25) is 4.79 Å². The maximum absolute atomic E-state index is 10.9. The standard InChI is InChI=1S/C14H20N4O2/c19-14(20)11-5-9-18(10-6-11)13-4-3-12(15-16-13)17-7-1-2-8-17/h3-4,11H,1-2,5-10H2,(H,19,20). The van der Waals surface area contributed by atoms with Crippen molar-refractivity contribution in [2.45, 2.75) is 25.7 Å². The Morgan fingerprint density at radius 1 is 1.00 bits per heavy atom. The topological polar surface area (TPSA) is 69.6 Å². The Bertz CT molecular complexity index is 463. The predicted octanol–water partition coefficient (Wildman–Crippen LogP) is 1.38. The molecule has 3 rings (SSSR count). The predicted molar refractivity (Wildman–Crippen MR) is 76.1 cm³/mol. The van der Waals surface area contributed by atoms with Crippen molar-refractivity contribution in [3.05, 3.63) is 12.1 Å². The quantitative estimate of drug-likeness (QED) is 0.899. The SMILES string of the molecule is O=C(O)C1CCN(c2ccc(N3CCCC3)nn2)CC1. The Morgan fingerprint density at radius 2 is 1.50 bits per heavy atom. The van der Waals surface area contributed by atoms with Crippen molar-refractivity contribution >= 4 is 17.6 Å². The van der Waals surface area contributed by atoms with Crippen molar-refractivity contribution in [1.82, 2.24) is 10.2 Å². The van der Waals surface area contributed by atoms with Gasteiger partial charge in [0.15, 0.2) is 11.6 Å². The van der Waals surface area contributed by atoms with Gasteiger partial charge in [0.2, 0.25) is 0 Å². The molecular weight excluding hydrogens is 256 g/mol. The van der Waals surface area contributed by atoms with Crippen molar-refractivity contribution in [2.24, 2.45) is 5.92 Å². The van der Waals surface area contributed by atoms with Crippen LogP contribution in [-0.4, -0.2) is 47.5 Å². The van der Waals surface area contributed by atoms with Crippen LogP contribution < -0.4 is 9.80 Å². The van der Waals surface area contributed by atoms with Gasteiger partial charge in [-0.25, -0.2) is 0 Å². The number of piperidine rings is 1. The molecule has 0 aromatic carbocycles. The summed E-state index contributed by atoms with van der Waals surface area (Å²) < 4.78 is 0. The number of carboxylic acids is 1. The average molecular weight is 276 g/mol. The van der Waals surface area contributed by atoms with E-state index in [2.05, 4.69) is 20.0 Å². The highest BCUT2D eigenvalue weighted by Crippen LogP contribution is 2.23. The molecule has 2 aliphatic rings. The van der Waals surface area contributed by atoms with E-state index in [1.165, 1.54) is 12.8 Å². The molecule has 2 aliphatic heterocycles. The van der Waals surface area contributed by atoms with Gasteiger partial charge < -0.3 is 14.9 Å². The molecule has 1 N–H and O–H groups in total. The van der Waals surface area contributed by atoms with Gasteiger partial charge in [0.1, 0.15) is 0 Å². The number of aliphatic carboxylic acids is 1. The molecule has 0 bridgehead atoms. The van der Waals surface area contributed by atoms with Crippen molar-refractivity contribution in [3.8, 4) is 0 Å². The lowest BCUT2D eigenvalue weighted by molar-refractivity contribution is -0.142. The second kappa shape index (κ2) is 5.64. The van der Waals surface area contributed by atoms with E-state index >= 15 is 0 Å². The molecule has 6 heteroatoms. The van der Waals surface area contributed by atoms with Crippen molar-refractivity contribution in [1.29, 1.82) is 0 Å². The summed E-state index contributed by atoms with van der Waals surface area (Å²) >= 11 is 0. The molecule has 2 saturated heterocycles. The summed E-state index contributed by atoms with van der Waals surface area (Å²) in [5, 5.41) is 17.6. The van der Waals surface area contributed by atoms with Crippen LogP contribution in [0.5, 0.6) is 0 Å². The summed E-state index contributed by atoms with van der Waals surface area (Å²) in [5.74, 6) is 0.923. The maximum atomic E-state index is 10.9. The van der Waals surface area contributed by atoms with Crippen LogP contribution in [0, 0.1) is 5.92 Å². The first-order valence-corrected chi connectivity index (χ1v) is 7.30. The summed E-state index contributed by atoms with van der Waals surface area (Å²) in [4.78, 5) is 15.3. The van der Waals surface area contributed by atoms with Gasteiger partial charge in [0.05, 0.1) is 5.92 Å². The molecule has 0 saturated carbocycles. The van der Waals surface area contributed by atoms with E-state index < -0.39 is 5.97 Å². The Labute approximate surface area is 118 Å². The zero-order chi connectivity index (χ0) is 13.9. The van der Waals surface area contributed by atoms with Gasteiger partial charge in [0.25, 0.3) is 0 Å². The minimum atomic E-state index is -0.680. The molecule has 0 aliphatic carbocycles. The highest BCUT2D eigenvalue weighted by atomic mass is 16.4. The van der Waals surface area contributed by atoms with Gasteiger partial charge in [-0.2, -0.15) is 0 Å². The fraction of sp³-hybridized carbons (Fsp3) is 0.643. The number of hydrogen-bond acceptors (Lipinski definition) is 5. The highest BCUT2D eigenvalue weighted by molar-refractivity contribution is 5.70. The molecule has 1 aromatic rings. The van der Waals surface area contributed by atoms with Crippen LogP contribution in [0.1, 0.15) is 25.7 Å². The van der Waals surface area contributed by atoms with Gasteiger partial charge in [-0.05, 0) is 37.8 Å². The zero-order valence-electron chi connectivity index (χ0n) is 11.5. The third-order valence-corrected chi connectivity index (χ3v) is 4.23. The van der Waals surface area contributed by atoms with Gasteiger partial charge >= 0.3 is 5.97 Å². The van der Waals surface area contributed by atoms with Crippen molar-refractivity contribution < 1.29 is 9.90 Å². The minimum Gasteiger partial charge on any atom is -0.481 e. The maximum Gasteiger partial charge on any atom is 0.306 e. The number of carbonyl (C=O) groups is 1. The number of rotatable bonds is 3. The van der Waals surface area contributed by atoms with E-state index in [9.17, 15) is 4.79 Å². The summed E-state index contributed by atoms with van der Waals surface area (Å²) in [6.45, 7) is 3.62. The fourth-order valence-corrected chi connectivity index (χ4v) is 2.96. The van der Waals surface area contributed by atoms with Gasteiger partial charge in [0, 0.05) is 26.2 Å². The normalized spacial score (nSPS) is 20.4. The molecule has 108 valence electrons. The molecule has 0 unspecified atom stereocenters. The minimum absolute atomic E-state index is 0.205. The first-order chi connectivity index (χ1) is 9.74. The summed E-state index contributed by atoms with van der Waals surface area (Å²) in [6.07, 6.45) is 3.83. The lowest BCUT2D eigenvalue weighted by Crippen LogP contribution is -2.37. The molecular formula is C14H20N4O2. The van der Waals surface area contributed by atoms with E-state index in [4.69, 9.17) is 5.11 Å². The largest absolute Gasteiger partial charge is 0.481 e. The molecule has 2 fully saturated rings.